The molecule has 0 radical (unpaired) electrons. The number of carbonyl (C=O) groups is 1. The molecule has 0 bridgehead atoms. The molecule has 1 unspecified atom stereocenters. The average molecular weight is 371 g/mol. The Morgan fingerprint density at radius 2 is 1.92 bits per heavy atom. The number of rotatable bonds is 4. The minimum absolute atomic E-state index is 0.167. The van der Waals surface area contributed by atoms with Crippen molar-refractivity contribution in [2.24, 2.45) is 5.41 Å². The summed E-state index contributed by atoms with van der Waals surface area (Å²) in [6.07, 6.45) is 1.07. The van der Waals surface area contributed by atoms with Crippen molar-refractivity contribution in [1.29, 1.82) is 0 Å². The summed E-state index contributed by atoms with van der Waals surface area (Å²) in [5, 5.41) is 0. The Balaban J connectivity index is 2.24. The molecule has 1 aromatic carbocycles. The fourth-order valence-corrected chi connectivity index (χ4v) is 4.47. The number of ether oxygens (including phenoxy) is 1. The molecule has 1 saturated heterocycles. The quantitative estimate of drug-likeness (QED) is 0.760. The highest BCUT2D eigenvalue weighted by Crippen LogP contribution is 2.36. The van der Waals surface area contributed by atoms with Gasteiger partial charge < -0.3 is 9.64 Å². The summed E-state index contributed by atoms with van der Waals surface area (Å²) in [4.78, 5) is 13.9. The molecule has 0 saturated carbocycles. The number of carbonyl (C=O) groups excluding carboxylic acids is 1. The molecule has 1 heterocycles. The number of hydrogen-bond acceptors (Lipinski definition) is 4. The number of hydrogen-bond donors (Lipinski definition) is 0. The van der Waals surface area contributed by atoms with Gasteiger partial charge in [-0.25, -0.2) is 4.79 Å². The van der Waals surface area contributed by atoms with Crippen LogP contribution < -0.4 is 0 Å². The van der Waals surface area contributed by atoms with Crippen LogP contribution in [-0.4, -0.2) is 43.9 Å². The first-order valence-corrected chi connectivity index (χ1v) is 9.98. The molecule has 1 atom stereocenters. The van der Waals surface area contributed by atoms with Crippen LogP contribution in [0, 0.1) is 5.41 Å². The predicted octanol–water partition coefficient (Wildman–Crippen LogP) is 3.55. The predicted molar refractivity (Wildman–Crippen MR) is 94.5 cm³/mol. The van der Waals surface area contributed by atoms with Crippen molar-refractivity contribution in [3.63, 3.8) is 0 Å². The van der Waals surface area contributed by atoms with E-state index in [1.807, 2.05) is 30.3 Å². The van der Waals surface area contributed by atoms with Gasteiger partial charge in [0.15, 0.2) is 0 Å². The largest absolute Gasteiger partial charge is 0.444 e. The second kappa shape index (κ2) is 7.32. The van der Waals surface area contributed by atoms with Gasteiger partial charge in [-0.2, -0.15) is 8.42 Å². The minimum Gasteiger partial charge on any atom is -0.444 e. The molecular weight excluding hydrogens is 345 g/mol. The van der Waals surface area contributed by atoms with E-state index in [0.717, 1.165) is 5.56 Å². The standard InChI is InChI=1S/C18H26FNO4S/c1-17(2,3)24-16(21)20-11-7-10-18(13-20,14-25(19,22)23)12-15-8-5-4-6-9-15/h4-6,8-9H,7,10-14H2,1-3H3. The second-order valence-electron chi connectivity index (χ2n) is 7.85. The van der Waals surface area contributed by atoms with Gasteiger partial charge in [-0.3, -0.25) is 0 Å². The first-order chi connectivity index (χ1) is 11.5. The Morgan fingerprint density at radius 1 is 1.28 bits per heavy atom. The van der Waals surface area contributed by atoms with Crippen LogP contribution in [0.1, 0.15) is 39.2 Å². The van der Waals surface area contributed by atoms with Crippen molar-refractivity contribution >= 4 is 16.3 Å². The van der Waals surface area contributed by atoms with Crippen molar-refractivity contribution in [2.45, 2.75) is 45.6 Å². The molecule has 0 aromatic heterocycles. The van der Waals surface area contributed by atoms with Crippen molar-refractivity contribution in [3.05, 3.63) is 35.9 Å². The van der Waals surface area contributed by atoms with E-state index in [1.54, 1.807) is 20.8 Å². The van der Waals surface area contributed by atoms with E-state index >= 15 is 0 Å². The smallest absolute Gasteiger partial charge is 0.410 e. The molecule has 0 aliphatic carbocycles. The molecule has 1 aromatic rings. The first kappa shape index (κ1) is 19.7. The lowest BCUT2D eigenvalue weighted by molar-refractivity contribution is 0.00701. The van der Waals surface area contributed by atoms with E-state index in [0.29, 0.717) is 25.8 Å². The van der Waals surface area contributed by atoms with E-state index in [-0.39, 0.29) is 6.54 Å². The number of nitrogens with zero attached hydrogens (tertiary/aromatic N) is 1. The zero-order chi connectivity index (χ0) is 18.7. The first-order valence-electron chi connectivity index (χ1n) is 8.42. The third-order valence-electron chi connectivity index (χ3n) is 4.21. The maximum atomic E-state index is 13.6. The van der Waals surface area contributed by atoms with Gasteiger partial charge in [0.1, 0.15) is 5.60 Å². The van der Waals surface area contributed by atoms with E-state index < -0.39 is 33.1 Å². The molecule has 25 heavy (non-hydrogen) atoms. The van der Waals surface area contributed by atoms with Crippen molar-refractivity contribution in [1.82, 2.24) is 4.90 Å². The summed E-state index contributed by atoms with van der Waals surface area (Å²) in [6, 6.07) is 9.37. The van der Waals surface area contributed by atoms with Crippen LogP contribution in [0.4, 0.5) is 8.68 Å². The maximum Gasteiger partial charge on any atom is 0.410 e. The zero-order valence-corrected chi connectivity index (χ0v) is 15.8. The normalized spacial score (nSPS) is 21.8. The number of piperidine rings is 1. The minimum atomic E-state index is -4.67. The third kappa shape index (κ3) is 6.30. The van der Waals surface area contributed by atoms with Crippen molar-refractivity contribution in [3.8, 4) is 0 Å². The molecule has 5 nitrogen and oxygen atoms in total. The molecule has 1 amide bonds. The monoisotopic (exact) mass is 371 g/mol. The summed E-state index contributed by atoms with van der Waals surface area (Å²) >= 11 is 0. The highest BCUT2D eigenvalue weighted by molar-refractivity contribution is 7.86. The number of amides is 1. The Morgan fingerprint density at radius 3 is 2.48 bits per heavy atom. The molecule has 2 rings (SSSR count). The Labute approximate surface area is 149 Å². The Bertz CT molecular complexity index is 700. The lowest BCUT2D eigenvalue weighted by atomic mass is 9.77. The van der Waals surface area contributed by atoms with Gasteiger partial charge in [0.05, 0.1) is 5.75 Å². The van der Waals surface area contributed by atoms with Crippen LogP contribution in [0.2, 0.25) is 0 Å². The lowest BCUT2D eigenvalue weighted by Crippen LogP contribution is -2.51. The van der Waals surface area contributed by atoms with Crippen LogP contribution in [0.25, 0.3) is 0 Å². The molecule has 7 heteroatoms. The Kier molecular flexibility index (Phi) is 5.76. The van der Waals surface area contributed by atoms with Gasteiger partial charge in [0.25, 0.3) is 0 Å². The highest BCUT2D eigenvalue weighted by Gasteiger charge is 2.42. The van der Waals surface area contributed by atoms with Crippen LogP contribution in [0.15, 0.2) is 30.3 Å². The second-order valence-corrected chi connectivity index (χ2v) is 9.22. The summed E-state index contributed by atoms with van der Waals surface area (Å²) in [5.74, 6) is -0.589. The SMILES string of the molecule is CC(C)(C)OC(=O)N1CCCC(Cc2ccccc2)(CS(=O)(=O)F)C1. The van der Waals surface area contributed by atoms with Crippen molar-refractivity contribution < 1.29 is 21.8 Å². The number of likely N-dealkylation sites (tertiary alicyclic amines) is 1. The summed E-state index contributed by atoms with van der Waals surface area (Å²) in [6.45, 7) is 5.98. The van der Waals surface area contributed by atoms with E-state index in [9.17, 15) is 17.1 Å². The van der Waals surface area contributed by atoms with Gasteiger partial charge in [-0.05, 0) is 45.6 Å². The lowest BCUT2D eigenvalue weighted by Gasteiger charge is -2.42. The summed E-state index contributed by atoms with van der Waals surface area (Å²) < 4.78 is 41.8. The molecule has 1 aliphatic rings. The van der Waals surface area contributed by atoms with Gasteiger partial charge in [-0.1, -0.05) is 30.3 Å². The van der Waals surface area contributed by atoms with Crippen LogP contribution in [0.5, 0.6) is 0 Å². The van der Waals surface area contributed by atoms with Gasteiger partial charge >= 0.3 is 16.3 Å². The van der Waals surface area contributed by atoms with Crippen molar-refractivity contribution in [2.75, 3.05) is 18.8 Å². The molecule has 140 valence electrons. The van der Waals surface area contributed by atoms with E-state index in [4.69, 9.17) is 4.74 Å². The van der Waals surface area contributed by atoms with E-state index in [1.165, 1.54) is 4.90 Å². The van der Waals surface area contributed by atoms with Gasteiger partial charge in [-0.15, -0.1) is 3.89 Å². The molecule has 0 spiro atoms. The van der Waals surface area contributed by atoms with Crippen LogP contribution >= 0.6 is 0 Å². The van der Waals surface area contributed by atoms with E-state index in [2.05, 4.69) is 0 Å². The fraction of sp³-hybridized carbons (Fsp3) is 0.611. The van der Waals surface area contributed by atoms with Crippen LogP contribution in [0.3, 0.4) is 0 Å². The Hall–Kier alpha value is -1.63. The summed E-state index contributed by atoms with van der Waals surface area (Å²) in [5.41, 5.74) is -0.551. The molecule has 1 fully saturated rings. The average Bonchev–Trinajstić information content (AvgIpc) is 2.44. The topological polar surface area (TPSA) is 63.7 Å². The zero-order valence-electron chi connectivity index (χ0n) is 15.0. The fourth-order valence-electron chi connectivity index (χ4n) is 3.40. The number of benzene rings is 1. The third-order valence-corrected chi connectivity index (χ3v) is 5.17. The molecule has 1 aliphatic heterocycles. The molecular formula is C18H26FNO4S. The maximum absolute atomic E-state index is 13.6. The van der Waals surface area contributed by atoms with Gasteiger partial charge in [0.2, 0.25) is 0 Å². The summed E-state index contributed by atoms with van der Waals surface area (Å²) in [7, 11) is -4.67. The van der Waals surface area contributed by atoms with Crippen LogP contribution in [-0.2, 0) is 21.4 Å². The number of halogens is 1. The highest BCUT2D eigenvalue weighted by atomic mass is 32.3. The van der Waals surface area contributed by atoms with Gasteiger partial charge in [0, 0.05) is 18.5 Å². The molecule has 0 N–H and O–H groups in total.